The highest BCUT2D eigenvalue weighted by atomic mass is 16.6. The van der Waals surface area contributed by atoms with Gasteiger partial charge in [0.1, 0.15) is 5.60 Å². The molecular formula is C23H34N2O4. The molecule has 1 N–H and O–H groups in total. The van der Waals surface area contributed by atoms with Gasteiger partial charge in [-0.05, 0) is 89.0 Å². The van der Waals surface area contributed by atoms with E-state index in [4.69, 9.17) is 9.84 Å². The van der Waals surface area contributed by atoms with Crippen molar-refractivity contribution in [2.24, 2.45) is 11.8 Å². The summed E-state index contributed by atoms with van der Waals surface area (Å²) >= 11 is 0. The number of nitrogens with zero attached hydrogens (tertiary/aromatic N) is 2. The first-order chi connectivity index (χ1) is 13.7. The lowest BCUT2D eigenvalue weighted by molar-refractivity contribution is 0.00694. The van der Waals surface area contributed by atoms with Crippen LogP contribution < -0.4 is 4.90 Å². The van der Waals surface area contributed by atoms with Crippen molar-refractivity contribution in [1.29, 1.82) is 0 Å². The molecular weight excluding hydrogens is 368 g/mol. The third-order valence-electron chi connectivity index (χ3n) is 6.03. The molecule has 0 bridgehead atoms. The zero-order valence-corrected chi connectivity index (χ0v) is 17.9. The highest BCUT2D eigenvalue weighted by molar-refractivity contribution is 5.90. The summed E-state index contributed by atoms with van der Waals surface area (Å²) in [5.41, 5.74) is 1.26. The van der Waals surface area contributed by atoms with Gasteiger partial charge in [-0.3, -0.25) is 0 Å². The molecule has 0 unspecified atom stereocenters. The number of carbonyl (C=O) groups excluding carboxylic acids is 1. The van der Waals surface area contributed by atoms with Crippen molar-refractivity contribution in [3.05, 3.63) is 29.8 Å². The molecule has 0 saturated carbocycles. The van der Waals surface area contributed by atoms with E-state index in [-0.39, 0.29) is 5.97 Å². The number of hydrogen-bond donors (Lipinski definition) is 1. The van der Waals surface area contributed by atoms with Gasteiger partial charge in [0.25, 0.3) is 0 Å². The Morgan fingerprint density at radius 1 is 0.966 bits per heavy atom. The van der Waals surface area contributed by atoms with E-state index < -0.39 is 11.7 Å². The number of amides is 1. The summed E-state index contributed by atoms with van der Waals surface area (Å²) in [6.07, 6.45) is 4.78. The number of ether oxygens (including phenoxy) is 1. The molecule has 3 rings (SSSR count). The molecule has 1 amide bonds. The maximum atomic E-state index is 12.2. The lowest BCUT2D eigenvalue weighted by atomic mass is 9.83. The maximum Gasteiger partial charge on any atom is 0.407 e. The van der Waals surface area contributed by atoms with Gasteiger partial charge in [0, 0.05) is 31.9 Å². The van der Waals surface area contributed by atoms with E-state index in [1.807, 2.05) is 45.0 Å². The SMILES string of the molecule is CC(C)(C)OC(=O)c1ccc(N2CCC(CC3CCN(C(=O)O)CC3)CC2)cc1. The van der Waals surface area contributed by atoms with Crippen molar-refractivity contribution in [1.82, 2.24) is 4.90 Å². The second-order valence-electron chi connectivity index (χ2n) is 9.43. The Kier molecular flexibility index (Phi) is 6.70. The highest BCUT2D eigenvalue weighted by Crippen LogP contribution is 2.31. The monoisotopic (exact) mass is 402 g/mol. The summed E-state index contributed by atoms with van der Waals surface area (Å²) in [4.78, 5) is 27.1. The van der Waals surface area contributed by atoms with Gasteiger partial charge in [0.15, 0.2) is 0 Å². The Morgan fingerprint density at radius 3 is 1.97 bits per heavy atom. The Labute approximate surface area is 173 Å². The Morgan fingerprint density at radius 2 is 1.48 bits per heavy atom. The molecule has 6 heteroatoms. The smallest absolute Gasteiger partial charge is 0.407 e. The van der Waals surface area contributed by atoms with Gasteiger partial charge in [-0.25, -0.2) is 9.59 Å². The molecule has 0 spiro atoms. The first-order valence-electron chi connectivity index (χ1n) is 10.8. The number of hydrogen-bond acceptors (Lipinski definition) is 4. The molecule has 0 aliphatic carbocycles. The largest absolute Gasteiger partial charge is 0.465 e. The quantitative estimate of drug-likeness (QED) is 0.743. The Hall–Kier alpha value is -2.24. The minimum Gasteiger partial charge on any atom is -0.465 e. The van der Waals surface area contributed by atoms with Crippen LogP contribution in [0.25, 0.3) is 0 Å². The molecule has 2 saturated heterocycles. The first-order valence-corrected chi connectivity index (χ1v) is 10.8. The van der Waals surface area contributed by atoms with Crippen molar-refractivity contribution in [2.45, 2.75) is 58.5 Å². The van der Waals surface area contributed by atoms with E-state index in [1.165, 1.54) is 19.3 Å². The van der Waals surface area contributed by atoms with E-state index in [0.717, 1.165) is 37.5 Å². The molecule has 0 radical (unpaired) electrons. The van der Waals surface area contributed by atoms with E-state index in [9.17, 15) is 9.59 Å². The summed E-state index contributed by atoms with van der Waals surface area (Å²) in [5, 5.41) is 9.08. The van der Waals surface area contributed by atoms with Crippen molar-refractivity contribution in [3.63, 3.8) is 0 Å². The van der Waals surface area contributed by atoms with Gasteiger partial charge in [-0.2, -0.15) is 0 Å². The minimum absolute atomic E-state index is 0.281. The normalized spacial score (nSPS) is 19.3. The Balaban J connectivity index is 1.45. The first kappa shape index (κ1) is 21.5. The predicted octanol–water partition coefficient (Wildman–Crippen LogP) is 4.64. The molecule has 29 heavy (non-hydrogen) atoms. The van der Waals surface area contributed by atoms with E-state index in [1.54, 1.807) is 4.90 Å². The maximum absolute atomic E-state index is 12.2. The third kappa shape index (κ3) is 6.12. The molecule has 2 fully saturated rings. The predicted molar refractivity (Wildman–Crippen MR) is 113 cm³/mol. The second-order valence-corrected chi connectivity index (χ2v) is 9.43. The summed E-state index contributed by atoms with van der Waals surface area (Å²) < 4.78 is 5.43. The van der Waals surface area contributed by atoms with Gasteiger partial charge in [0.05, 0.1) is 5.56 Å². The summed E-state index contributed by atoms with van der Waals surface area (Å²) in [6, 6.07) is 7.74. The topological polar surface area (TPSA) is 70.1 Å². The van der Waals surface area contributed by atoms with Gasteiger partial charge in [-0.15, -0.1) is 0 Å². The molecule has 1 aromatic rings. The molecule has 2 heterocycles. The van der Waals surface area contributed by atoms with Crippen LogP contribution in [0, 0.1) is 11.8 Å². The van der Waals surface area contributed by atoms with Crippen molar-refractivity contribution in [3.8, 4) is 0 Å². The fourth-order valence-electron chi connectivity index (χ4n) is 4.40. The van der Waals surface area contributed by atoms with Crippen LogP contribution in [-0.4, -0.2) is 53.8 Å². The number of piperidine rings is 2. The highest BCUT2D eigenvalue weighted by Gasteiger charge is 2.27. The number of rotatable bonds is 4. The average molecular weight is 403 g/mol. The molecule has 0 aromatic heterocycles. The van der Waals surface area contributed by atoms with Crippen molar-refractivity contribution < 1.29 is 19.4 Å². The fourth-order valence-corrected chi connectivity index (χ4v) is 4.40. The summed E-state index contributed by atoms with van der Waals surface area (Å²) in [5.74, 6) is 1.11. The number of anilines is 1. The number of carboxylic acid groups (broad SMARTS) is 1. The number of likely N-dealkylation sites (tertiary alicyclic amines) is 1. The molecule has 2 aliphatic heterocycles. The van der Waals surface area contributed by atoms with Crippen LogP contribution in [0.1, 0.15) is 63.2 Å². The van der Waals surface area contributed by atoms with Crippen LogP contribution in [-0.2, 0) is 4.74 Å². The van der Waals surface area contributed by atoms with Crippen LogP contribution in [0.4, 0.5) is 10.5 Å². The number of esters is 1. The average Bonchev–Trinajstić information content (AvgIpc) is 2.68. The van der Waals surface area contributed by atoms with E-state index >= 15 is 0 Å². The fraction of sp³-hybridized carbons (Fsp3) is 0.652. The van der Waals surface area contributed by atoms with Crippen LogP contribution in [0.2, 0.25) is 0 Å². The number of carbonyl (C=O) groups is 2. The van der Waals surface area contributed by atoms with E-state index in [2.05, 4.69) is 4.90 Å². The van der Waals surface area contributed by atoms with Gasteiger partial charge in [0.2, 0.25) is 0 Å². The molecule has 0 atom stereocenters. The lowest BCUT2D eigenvalue weighted by Gasteiger charge is -2.37. The second kappa shape index (κ2) is 9.06. The van der Waals surface area contributed by atoms with Crippen LogP contribution >= 0.6 is 0 Å². The third-order valence-corrected chi connectivity index (χ3v) is 6.03. The van der Waals surface area contributed by atoms with Gasteiger partial charge < -0.3 is 19.6 Å². The molecule has 1 aromatic carbocycles. The molecule has 160 valence electrons. The zero-order valence-electron chi connectivity index (χ0n) is 17.9. The van der Waals surface area contributed by atoms with E-state index in [0.29, 0.717) is 24.6 Å². The minimum atomic E-state index is -0.783. The van der Waals surface area contributed by atoms with Crippen LogP contribution in [0.15, 0.2) is 24.3 Å². The summed E-state index contributed by atoms with van der Waals surface area (Å²) in [7, 11) is 0. The van der Waals surface area contributed by atoms with Crippen LogP contribution in [0.5, 0.6) is 0 Å². The van der Waals surface area contributed by atoms with Crippen LogP contribution in [0.3, 0.4) is 0 Å². The summed E-state index contributed by atoms with van der Waals surface area (Å²) in [6.45, 7) is 9.05. The molecule has 6 nitrogen and oxygen atoms in total. The molecule has 2 aliphatic rings. The number of benzene rings is 1. The van der Waals surface area contributed by atoms with Crippen molar-refractivity contribution in [2.75, 3.05) is 31.1 Å². The standard InChI is InChI=1S/C23H34N2O4/c1-23(2,3)29-21(26)19-4-6-20(7-5-19)24-12-8-17(9-13-24)16-18-10-14-25(15-11-18)22(27)28/h4-7,17-18H,8-16H2,1-3H3,(H,27,28). The van der Waals surface area contributed by atoms with Gasteiger partial charge >= 0.3 is 12.1 Å². The van der Waals surface area contributed by atoms with Crippen molar-refractivity contribution >= 4 is 17.7 Å². The Bertz CT molecular complexity index is 695. The zero-order chi connectivity index (χ0) is 21.0. The lowest BCUT2D eigenvalue weighted by Crippen LogP contribution is -2.39. The van der Waals surface area contributed by atoms with Gasteiger partial charge in [-0.1, -0.05) is 0 Å².